The third-order valence-electron chi connectivity index (χ3n) is 3.81. The standard InChI is InChI=1S/C18H10F3N5O2/c19-10-1-2-11(23-5-10)3-15(27)13-4-12(8-26-18(13)24-9-25-26)28-16-7-22-6-14(20)17(16)21/h1-2,4-9H,3H2. The number of nitrogens with zero attached hydrogens (tertiary/aromatic N) is 5. The fraction of sp³-hybridized carbons (Fsp3) is 0.0556. The Bertz CT molecular complexity index is 1180. The van der Waals surface area contributed by atoms with E-state index in [9.17, 15) is 18.0 Å². The van der Waals surface area contributed by atoms with Gasteiger partial charge < -0.3 is 4.74 Å². The lowest BCUT2D eigenvalue weighted by atomic mass is 10.1. The molecule has 4 aromatic heterocycles. The van der Waals surface area contributed by atoms with Crippen molar-refractivity contribution >= 4 is 11.4 Å². The van der Waals surface area contributed by atoms with E-state index in [0.717, 1.165) is 12.4 Å². The first-order valence-corrected chi connectivity index (χ1v) is 7.95. The molecule has 4 rings (SSSR count). The lowest BCUT2D eigenvalue weighted by molar-refractivity contribution is 0.0992. The van der Waals surface area contributed by atoms with Gasteiger partial charge in [-0.05, 0) is 18.2 Å². The summed E-state index contributed by atoms with van der Waals surface area (Å²) < 4.78 is 46.8. The van der Waals surface area contributed by atoms with Gasteiger partial charge in [0.05, 0.1) is 36.8 Å². The van der Waals surface area contributed by atoms with Crippen LogP contribution in [0.5, 0.6) is 11.5 Å². The average molecular weight is 385 g/mol. The highest BCUT2D eigenvalue weighted by Crippen LogP contribution is 2.27. The van der Waals surface area contributed by atoms with Gasteiger partial charge in [0.1, 0.15) is 17.9 Å². The molecular formula is C18H10F3N5O2. The van der Waals surface area contributed by atoms with Crippen LogP contribution in [0.15, 0.2) is 49.3 Å². The lowest BCUT2D eigenvalue weighted by Crippen LogP contribution is -2.08. The van der Waals surface area contributed by atoms with Crippen molar-refractivity contribution in [1.29, 1.82) is 0 Å². The highest BCUT2D eigenvalue weighted by atomic mass is 19.2. The maximum absolute atomic E-state index is 13.8. The summed E-state index contributed by atoms with van der Waals surface area (Å²) in [5.74, 6) is -3.70. The van der Waals surface area contributed by atoms with Crippen LogP contribution in [-0.4, -0.2) is 30.3 Å². The molecule has 140 valence electrons. The summed E-state index contributed by atoms with van der Waals surface area (Å²) in [6.45, 7) is 0. The molecule has 10 heteroatoms. The number of carbonyl (C=O) groups excluding carboxylic acids is 1. The highest BCUT2D eigenvalue weighted by molar-refractivity contribution is 6.02. The van der Waals surface area contributed by atoms with E-state index >= 15 is 0 Å². The van der Waals surface area contributed by atoms with Gasteiger partial charge in [-0.25, -0.2) is 18.3 Å². The Kier molecular flexibility index (Phi) is 4.44. The van der Waals surface area contributed by atoms with Crippen molar-refractivity contribution in [3.8, 4) is 11.5 Å². The van der Waals surface area contributed by atoms with Crippen LogP contribution in [0.25, 0.3) is 5.65 Å². The van der Waals surface area contributed by atoms with Crippen molar-refractivity contribution in [3.63, 3.8) is 0 Å². The van der Waals surface area contributed by atoms with Gasteiger partial charge in [-0.1, -0.05) is 0 Å². The maximum atomic E-state index is 13.8. The first kappa shape index (κ1) is 17.6. The van der Waals surface area contributed by atoms with E-state index in [4.69, 9.17) is 4.74 Å². The van der Waals surface area contributed by atoms with Crippen molar-refractivity contribution in [1.82, 2.24) is 24.6 Å². The number of carbonyl (C=O) groups is 1. The fourth-order valence-corrected chi connectivity index (χ4v) is 2.53. The van der Waals surface area contributed by atoms with E-state index in [1.54, 1.807) is 0 Å². The molecule has 4 aromatic rings. The number of halogens is 3. The third kappa shape index (κ3) is 3.39. The Hall–Kier alpha value is -3.82. The lowest BCUT2D eigenvalue weighted by Gasteiger charge is -2.09. The minimum Gasteiger partial charge on any atom is -0.451 e. The van der Waals surface area contributed by atoms with Gasteiger partial charge in [0, 0.05) is 5.69 Å². The number of pyridine rings is 3. The SMILES string of the molecule is O=C(Cc1ccc(F)cn1)c1cc(Oc2cncc(F)c2F)cn2ncnc12. The van der Waals surface area contributed by atoms with Gasteiger partial charge in [0.25, 0.3) is 0 Å². The van der Waals surface area contributed by atoms with Crippen molar-refractivity contribution in [2.45, 2.75) is 6.42 Å². The Morgan fingerprint density at radius 1 is 1.11 bits per heavy atom. The number of ketones is 1. The van der Waals surface area contributed by atoms with Crippen LogP contribution >= 0.6 is 0 Å². The molecule has 0 radical (unpaired) electrons. The molecule has 0 unspecified atom stereocenters. The quantitative estimate of drug-likeness (QED) is 0.491. The first-order valence-electron chi connectivity index (χ1n) is 7.95. The van der Waals surface area contributed by atoms with Crippen LogP contribution in [0.3, 0.4) is 0 Å². The molecule has 0 aromatic carbocycles. The predicted molar refractivity (Wildman–Crippen MR) is 89.4 cm³/mol. The van der Waals surface area contributed by atoms with E-state index in [2.05, 4.69) is 20.1 Å². The molecule has 7 nitrogen and oxygen atoms in total. The van der Waals surface area contributed by atoms with Crippen molar-refractivity contribution in [2.24, 2.45) is 0 Å². The molecule has 0 N–H and O–H groups in total. The number of ether oxygens (including phenoxy) is 1. The summed E-state index contributed by atoms with van der Waals surface area (Å²) in [6.07, 6.45) is 5.20. The molecule has 0 aliphatic heterocycles. The molecule has 4 heterocycles. The van der Waals surface area contributed by atoms with Crippen LogP contribution in [0.4, 0.5) is 13.2 Å². The average Bonchev–Trinajstić information content (AvgIpc) is 3.15. The van der Waals surface area contributed by atoms with Crippen LogP contribution in [0.1, 0.15) is 16.1 Å². The highest BCUT2D eigenvalue weighted by Gasteiger charge is 2.18. The summed E-state index contributed by atoms with van der Waals surface area (Å²) in [4.78, 5) is 24.1. The smallest absolute Gasteiger partial charge is 0.204 e. The molecule has 0 spiro atoms. The number of hydrogen-bond donors (Lipinski definition) is 0. The minimum absolute atomic E-state index is 0.0275. The summed E-state index contributed by atoms with van der Waals surface area (Å²) in [5, 5.41) is 3.95. The molecule has 0 fully saturated rings. The monoisotopic (exact) mass is 385 g/mol. The minimum atomic E-state index is -1.21. The van der Waals surface area contributed by atoms with E-state index in [0.29, 0.717) is 11.9 Å². The summed E-state index contributed by atoms with van der Waals surface area (Å²) in [7, 11) is 0. The number of Topliss-reactive ketones (excluding diaryl/α,β-unsaturated/α-hetero) is 1. The Labute approximate surface area is 155 Å². The number of fused-ring (bicyclic) bond motifs is 1. The molecule has 0 aliphatic carbocycles. The zero-order valence-corrected chi connectivity index (χ0v) is 14.0. The second-order valence-corrected chi connectivity index (χ2v) is 5.72. The van der Waals surface area contributed by atoms with E-state index < -0.39 is 23.2 Å². The van der Waals surface area contributed by atoms with Crippen LogP contribution in [0.2, 0.25) is 0 Å². The summed E-state index contributed by atoms with van der Waals surface area (Å²) in [6, 6.07) is 3.92. The molecule has 0 aliphatic rings. The molecule has 0 saturated heterocycles. The van der Waals surface area contributed by atoms with Crippen molar-refractivity contribution in [3.05, 3.63) is 78.0 Å². The zero-order valence-electron chi connectivity index (χ0n) is 14.0. The van der Waals surface area contributed by atoms with E-state index in [1.807, 2.05) is 0 Å². The summed E-state index contributed by atoms with van der Waals surface area (Å²) >= 11 is 0. The van der Waals surface area contributed by atoms with Gasteiger partial charge >= 0.3 is 0 Å². The van der Waals surface area contributed by atoms with Crippen molar-refractivity contribution < 1.29 is 22.7 Å². The van der Waals surface area contributed by atoms with Crippen LogP contribution in [-0.2, 0) is 6.42 Å². The van der Waals surface area contributed by atoms with Gasteiger partial charge in [-0.15, -0.1) is 0 Å². The fourth-order valence-electron chi connectivity index (χ4n) is 2.53. The van der Waals surface area contributed by atoms with E-state index in [1.165, 1.54) is 35.2 Å². The molecule has 0 bridgehead atoms. The van der Waals surface area contributed by atoms with Crippen LogP contribution < -0.4 is 4.74 Å². The molecule has 0 saturated carbocycles. The first-order chi connectivity index (χ1) is 13.5. The molecule has 28 heavy (non-hydrogen) atoms. The third-order valence-corrected chi connectivity index (χ3v) is 3.81. The second kappa shape index (κ2) is 7.06. The number of hydrogen-bond acceptors (Lipinski definition) is 6. The predicted octanol–water partition coefficient (Wildman–Crippen LogP) is 3.15. The van der Waals surface area contributed by atoms with Gasteiger partial charge in [0.2, 0.25) is 5.82 Å². The molecule has 0 atom stereocenters. The summed E-state index contributed by atoms with van der Waals surface area (Å²) in [5.41, 5.74) is 0.735. The van der Waals surface area contributed by atoms with Gasteiger partial charge in [-0.3, -0.25) is 14.8 Å². The zero-order chi connectivity index (χ0) is 19.7. The Balaban J connectivity index is 1.69. The maximum Gasteiger partial charge on any atom is 0.204 e. The van der Waals surface area contributed by atoms with E-state index in [-0.39, 0.29) is 29.2 Å². The molecular weight excluding hydrogens is 375 g/mol. The second-order valence-electron chi connectivity index (χ2n) is 5.72. The normalized spacial score (nSPS) is 11.0. The van der Waals surface area contributed by atoms with Crippen molar-refractivity contribution in [2.75, 3.05) is 0 Å². The largest absolute Gasteiger partial charge is 0.451 e. The molecule has 0 amide bonds. The van der Waals surface area contributed by atoms with Gasteiger partial charge in [0.15, 0.2) is 23.0 Å². The topological polar surface area (TPSA) is 82.3 Å². The Morgan fingerprint density at radius 3 is 2.75 bits per heavy atom. The van der Waals surface area contributed by atoms with Gasteiger partial charge in [-0.2, -0.15) is 9.49 Å². The van der Waals surface area contributed by atoms with Crippen LogP contribution in [0, 0.1) is 17.5 Å². The number of rotatable bonds is 5. The number of aromatic nitrogens is 5. The Morgan fingerprint density at radius 2 is 1.96 bits per heavy atom.